The number of aryl methyl sites for hydroxylation is 1. The highest BCUT2D eigenvalue weighted by atomic mass is 16.6. The molecule has 2 aromatic rings. The van der Waals surface area contributed by atoms with Gasteiger partial charge in [-0.05, 0) is 42.8 Å². The van der Waals surface area contributed by atoms with Crippen LogP contribution < -0.4 is 9.47 Å². The summed E-state index contributed by atoms with van der Waals surface area (Å²) in [6.45, 7) is 3.28. The summed E-state index contributed by atoms with van der Waals surface area (Å²) in [7, 11) is 1.80. The third-order valence-corrected chi connectivity index (χ3v) is 3.03. The quantitative estimate of drug-likeness (QED) is 0.555. The van der Waals surface area contributed by atoms with Crippen LogP contribution in [0.15, 0.2) is 42.6 Å². The van der Waals surface area contributed by atoms with E-state index in [2.05, 4.69) is 6.92 Å². The van der Waals surface area contributed by atoms with Crippen molar-refractivity contribution in [3.63, 3.8) is 0 Å². The van der Waals surface area contributed by atoms with Crippen LogP contribution in [-0.2, 0) is 11.8 Å². The molecule has 1 heterocycles. The first kappa shape index (κ1) is 15.9. The Balaban J connectivity index is 1.70. The van der Waals surface area contributed by atoms with Crippen molar-refractivity contribution in [1.29, 1.82) is 0 Å². The minimum atomic E-state index is -0.348. The van der Waals surface area contributed by atoms with Crippen molar-refractivity contribution in [2.45, 2.75) is 13.3 Å². The average Bonchev–Trinajstić information content (AvgIpc) is 2.96. The lowest BCUT2D eigenvalue weighted by molar-refractivity contribution is 0.0439. The molecule has 0 spiro atoms. The molecule has 0 aliphatic carbocycles. The van der Waals surface area contributed by atoms with Gasteiger partial charge in [0.15, 0.2) is 0 Å². The van der Waals surface area contributed by atoms with Crippen LogP contribution >= 0.6 is 0 Å². The van der Waals surface area contributed by atoms with E-state index in [1.165, 1.54) is 0 Å². The Morgan fingerprint density at radius 1 is 1.00 bits per heavy atom. The molecular formula is C17H21NO4. The maximum atomic E-state index is 11.8. The number of rotatable bonds is 8. The zero-order chi connectivity index (χ0) is 15.8. The van der Waals surface area contributed by atoms with Crippen LogP contribution in [0, 0.1) is 0 Å². The van der Waals surface area contributed by atoms with E-state index in [1.54, 1.807) is 29.9 Å². The fourth-order valence-corrected chi connectivity index (χ4v) is 1.89. The molecule has 0 saturated carbocycles. The molecule has 5 nitrogen and oxygen atoms in total. The fraction of sp³-hybridized carbons (Fsp3) is 0.353. The lowest BCUT2D eigenvalue weighted by Gasteiger charge is -2.09. The summed E-state index contributed by atoms with van der Waals surface area (Å²) in [5.41, 5.74) is 0.525. The van der Waals surface area contributed by atoms with E-state index in [0.29, 0.717) is 18.9 Å². The molecule has 22 heavy (non-hydrogen) atoms. The van der Waals surface area contributed by atoms with Crippen LogP contribution in [0.2, 0.25) is 0 Å². The largest absolute Gasteiger partial charge is 0.494 e. The van der Waals surface area contributed by atoms with Crippen molar-refractivity contribution in [3.05, 3.63) is 48.3 Å². The van der Waals surface area contributed by atoms with Crippen molar-refractivity contribution < 1.29 is 19.0 Å². The fourth-order valence-electron chi connectivity index (χ4n) is 1.89. The normalized spacial score (nSPS) is 10.3. The number of carbonyl (C=O) groups is 1. The van der Waals surface area contributed by atoms with Crippen LogP contribution in [0.25, 0.3) is 0 Å². The molecule has 0 saturated heterocycles. The van der Waals surface area contributed by atoms with Crippen LogP contribution in [0.5, 0.6) is 11.5 Å². The standard InChI is InChI=1S/C17H21NO4/c1-3-11-20-14-6-8-15(9-7-14)21-12-13-22-17(19)16-5-4-10-18(16)2/h4-10H,3,11-13H2,1-2H3. The topological polar surface area (TPSA) is 49.7 Å². The first-order chi connectivity index (χ1) is 10.7. The van der Waals surface area contributed by atoms with Gasteiger partial charge in [0.2, 0.25) is 0 Å². The minimum absolute atomic E-state index is 0.206. The molecule has 0 amide bonds. The molecule has 2 rings (SSSR count). The third-order valence-electron chi connectivity index (χ3n) is 3.03. The second-order valence-electron chi connectivity index (χ2n) is 4.81. The number of carbonyl (C=O) groups excluding carboxylic acids is 1. The smallest absolute Gasteiger partial charge is 0.355 e. The number of benzene rings is 1. The minimum Gasteiger partial charge on any atom is -0.494 e. The predicted octanol–water partition coefficient (Wildman–Crippen LogP) is 3.05. The lowest BCUT2D eigenvalue weighted by atomic mass is 10.3. The molecular weight excluding hydrogens is 282 g/mol. The summed E-state index contributed by atoms with van der Waals surface area (Å²) < 4.78 is 17.9. The van der Waals surface area contributed by atoms with Gasteiger partial charge in [-0.1, -0.05) is 6.92 Å². The van der Waals surface area contributed by atoms with Gasteiger partial charge >= 0.3 is 5.97 Å². The summed E-state index contributed by atoms with van der Waals surface area (Å²) in [5.74, 6) is 1.20. The van der Waals surface area contributed by atoms with E-state index in [9.17, 15) is 4.79 Å². The highest BCUT2D eigenvalue weighted by molar-refractivity contribution is 5.87. The summed E-state index contributed by atoms with van der Waals surface area (Å²) in [5, 5.41) is 0. The molecule has 0 aliphatic heterocycles. The summed E-state index contributed by atoms with van der Waals surface area (Å²) in [6, 6.07) is 10.9. The Bertz CT molecular complexity index is 589. The molecule has 0 unspecified atom stereocenters. The molecule has 5 heteroatoms. The first-order valence-corrected chi connectivity index (χ1v) is 7.35. The Kier molecular flexibility index (Phi) is 5.89. The van der Waals surface area contributed by atoms with Gasteiger partial charge in [0.05, 0.1) is 6.61 Å². The van der Waals surface area contributed by atoms with Crippen LogP contribution in [0.1, 0.15) is 23.8 Å². The third kappa shape index (κ3) is 4.55. The predicted molar refractivity (Wildman–Crippen MR) is 83.4 cm³/mol. The van der Waals surface area contributed by atoms with Crippen LogP contribution in [0.3, 0.4) is 0 Å². The molecule has 118 valence electrons. The maximum Gasteiger partial charge on any atom is 0.355 e. The van der Waals surface area contributed by atoms with Crippen molar-refractivity contribution in [2.24, 2.45) is 7.05 Å². The van der Waals surface area contributed by atoms with Crippen molar-refractivity contribution >= 4 is 5.97 Å². The summed E-state index contributed by atoms with van der Waals surface area (Å²) in [6.07, 6.45) is 2.78. The van der Waals surface area contributed by atoms with Gasteiger partial charge < -0.3 is 18.8 Å². The van der Waals surface area contributed by atoms with E-state index in [-0.39, 0.29) is 12.6 Å². The molecule has 0 radical (unpaired) electrons. The zero-order valence-corrected chi connectivity index (χ0v) is 13.0. The van der Waals surface area contributed by atoms with Gasteiger partial charge in [0.1, 0.15) is 30.4 Å². The summed E-state index contributed by atoms with van der Waals surface area (Å²) in [4.78, 5) is 11.8. The number of ether oxygens (including phenoxy) is 3. The van der Waals surface area contributed by atoms with Gasteiger partial charge in [-0.2, -0.15) is 0 Å². The number of aromatic nitrogens is 1. The van der Waals surface area contributed by atoms with Crippen molar-refractivity contribution in [2.75, 3.05) is 19.8 Å². The monoisotopic (exact) mass is 303 g/mol. The van der Waals surface area contributed by atoms with Gasteiger partial charge in [-0.3, -0.25) is 0 Å². The zero-order valence-electron chi connectivity index (χ0n) is 13.0. The number of hydrogen-bond donors (Lipinski definition) is 0. The summed E-state index contributed by atoms with van der Waals surface area (Å²) >= 11 is 0. The lowest BCUT2D eigenvalue weighted by Crippen LogP contribution is -2.14. The van der Waals surface area contributed by atoms with Crippen LogP contribution in [-0.4, -0.2) is 30.4 Å². The van der Waals surface area contributed by atoms with E-state index in [0.717, 1.165) is 17.9 Å². The molecule has 1 aromatic carbocycles. The van der Waals surface area contributed by atoms with Gasteiger partial charge in [-0.15, -0.1) is 0 Å². The van der Waals surface area contributed by atoms with Gasteiger partial charge in [-0.25, -0.2) is 4.79 Å². The van der Waals surface area contributed by atoms with E-state index in [1.807, 2.05) is 24.3 Å². The van der Waals surface area contributed by atoms with E-state index < -0.39 is 0 Å². The highest BCUT2D eigenvalue weighted by Crippen LogP contribution is 2.17. The number of hydrogen-bond acceptors (Lipinski definition) is 4. The van der Waals surface area contributed by atoms with Gasteiger partial charge in [0, 0.05) is 13.2 Å². The Labute approximate surface area is 130 Å². The maximum absolute atomic E-state index is 11.8. The van der Waals surface area contributed by atoms with Gasteiger partial charge in [0.25, 0.3) is 0 Å². The molecule has 0 bridgehead atoms. The van der Waals surface area contributed by atoms with Crippen LogP contribution in [0.4, 0.5) is 0 Å². The molecule has 0 fully saturated rings. The molecule has 0 N–H and O–H groups in total. The van der Waals surface area contributed by atoms with Crippen molar-refractivity contribution in [3.8, 4) is 11.5 Å². The Morgan fingerprint density at radius 3 is 2.18 bits per heavy atom. The average molecular weight is 303 g/mol. The van der Waals surface area contributed by atoms with E-state index >= 15 is 0 Å². The second kappa shape index (κ2) is 8.12. The highest BCUT2D eigenvalue weighted by Gasteiger charge is 2.09. The van der Waals surface area contributed by atoms with E-state index in [4.69, 9.17) is 14.2 Å². The Morgan fingerprint density at radius 2 is 1.64 bits per heavy atom. The number of nitrogens with zero attached hydrogens (tertiary/aromatic N) is 1. The molecule has 1 aromatic heterocycles. The Hall–Kier alpha value is -2.43. The molecule has 0 atom stereocenters. The SMILES string of the molecule is CCCOc1ccc(OCCOC(=O)c2cccn2C)cc1. The van der Waals surface area contributed by atoms with Crippen molar-refractivity contribution in [1.82, 2.24) is 4.57 Å². The molecule has 0 aliphatic rings. The number of esters is 1. The second-order valence-corrected chi connectivity index (χ2v) is 4.81. The first-order valence-electron chi connectivity index (χ1n) is 7.35.